The van der Waals surface area contributed by atoms with Gasteiger partial charge in [-0.2, -0.15) is 5.10 Å². The third kappa shape index (κ3) is 4.47. The molecule has 7 nitrogen and oxygen atoms in total. The smallest absolute Gasteiger partial charge is 0.268 e. The van der Waals surface area contributed by atoms with E-state index in [9.17, 15) is 18.0 Å². The second kappa shape index (κ2) is 9.09. The SMILES string of the molecule is CN(C)N(Cc1ccc(C#CC2(C(F)F)CC2)cc1F)C(=O)c1ccc2nc(N)c3cnn(C)c3c2c1. The van der Waals surface area contributed by atoms with Crippen LogP contribution in [0.2, 0.25) is 0 Å². The summed E-state index contributed by atoms with van der Waals surface area (Å²) in [6.07, 6.45) is -0.182. The van der Waals surface area contributed by atoms with Gasteiger partial charge in [-0.25, -0.2) is 23.2 Å². The number of benzene rings is 2. The number of nitrogens with two attached hydrogens (primary N) is 1. The number of carbonyl (C=O) groups excluding carboxylic acids is 1. The highest BCUT2D eigenvalue weighted by Crippen LogP contribution is 2.50. The third-order valence-corrected chi connectivity index (χ3v) is 6.71. The first-order valence-corrected chi connectivity index (χ1v) is 11.7. The summed E-state index contributed by atoms with van der Waals surface area (Å²) in [4.78, 5) is 17.9. The molecule has 10 heteroatoms. The van der Waals surface area contributed by atoms with Gasteiger partial charge in [-0.05, 0) is 43.2 Å². The number of aromatic nitrogens is 3. The first-order chi connectivity index (χ1) is 17.6. The van der Waals surface area contributed by atoms with Crippen molar-refractivity contribution >= 4 is 33.5 Å². The minimum absolute atomic E-state index is 0.0362. The average Bonchev–Trinajstić information content (AvgIpc) is 3.56. The molecule has 2 aromatic heterocycles. The minimum atomic E-state index is -2.51. The van der Waals surface area contributed by atoms with Gasteiger partial charge in [0.15, 0.2) is 0 Å². The fourth-order valence-corrected chi connectivity index (χ4v) is 4.28. The average molecular weight is 507 g/mol. The molecule has 0 aliphatic heterocycles. The van der Waals surface area contributed by atoms with Gasteiger partial charge >= 0.3 is 0 Å². The van der Waals surface area contributed by atoms with E-state index >= 15 is 0 Å². The zero-order valence-corrected chi connectivity index (χ0v) is 20.6. The molecule has 1 saturated carbocycles. The number of pyridine rings is 1. The number of aryl methyl sites for hydroxylation is 1. The number of halogens is 3. The molecule has 1 aliphatic rings. The fourth-order valence-electron chi connectivity index (χ4n) is 4.28. The molecule has 0 saturated heterocycles. The normalized spacial score (nSPS) is 14.3. The number of hydrogen-bond acceptors (Lipinski definition) is 5. The van der Waals surface area contributed by atoms with Crippen LogP contribution in [-0.4, -0.2) is 51.2 Å². The van der Waals surface area contributed by atoms with E-state index in [1.807, 2.05) is 0 Å². The number of anilines is 1. The van der Waals surface area contributed by atoms with Crippen molar-refractivity contribution in [2.24, 2.45) is 12.5 Å². The number of hydrazine groups is 1. The lowest BCUT2D eigenvalue weighted by molar-refractivity contribution is 0.0150. The maximum Gasteiger partial charge on any atom is 0.268 e. The van der Waals surface area contributed by atoms with Crippen LogP contribution in [0.3, 0.4) is 0 Å². The second-order valence-electron chi connectivity index (χ2n) is 9.48. The lowest BCUT2D eigenvalue weighted by Gasteiger charge is -2.29. The Morgan fingerprint density at radius 1 is 1.19 bits per heavy atom. The summed E-state index contributed by atoms with van der Waals surface area (Å²) in [6.45, 7) is -0.0362. The van der Waals surface area contributed by atoms with E-state index in [0.717, 1.165) is 10.9 Å². The molecule has 0 atom stereocenters. The number of rotatable bonds is 5. The second-order valence-corrected chi connectivity index (χ2v) is 9.48. The van der Waals surface area contributed by atoms with Crippen molar-refractivity contribution in [2.75, 3.05) is 19.8 Å². The van der Waals surface area contributed by atoms with Crippen LogP contribution in [0.4, 0.5) is 19.0 Å². The molecule has 0 bridgehead atoms. The van der Waals surface area contributed by atoms with E-state index in [1.165, 1.54) is 17.1 Å². The van der Waals surface area contributed by atoms with Gasteiger partial charge in [0.25, 0.3) is 12.3 Å². The summed E-state index contributed by atoms with van der Waals surface area (Å²) in [6, 6.07) is 9.43. The molecule has 2 N–H and O–H groups in total. The van der Waals surface area contributed by atoms with Gasteiger partial charge in [0.2, 0.25) is 0 Å². The Hall–Kier alpha value is -4.10. The zero-order valence-electron chi connectivity index (χ0n) is 20.6. The Bertz CT molecular complexity index is 1600. The highest BCUT2D eigenvalue weighted by Gasteiger charge is 2.50. The highest BCUT2D eigenvalue weighted by molar-refractivity contribution is 6.10. The van der Waals surface area contributed by atoms with E-state index in [0.29, 0.717) is 40.7 Å². The van der Waals surface area contributed by atoms with Crippen LogP contribution in [0.15, 0.2) is 42.6 Å². The van der Waals surface area contributed by atoms with Crippen LogP contribution >= 0.6 is 0 Å². The molecule has 0 spiro atoms. The molecule has 1 aliphatic carbocycles. The zero-order chi connectivity index (χ0) is 26.5. The number of nitrogen functional groups attached to an aromatic ring is 1. The van der Waals surface area contributed by atoms with Crippen molar-refractivity contribution in [3.05, 3.63) is 65.1 Å². The van der Waals surface area contributed by atoms with Gasteiger partial charge in [-0.1, -0.05) is 17.9 Å². The topological polar surface area (TPSA) is 80.3 Å². The first kappa shape index (κ1) is 24.6. The number of alkyl halides is 2. The van der Waals surface area contributed by atoms with Gasteiger partial charge in [-0.3, -0.25) is 14.5 Å². The Morgan fingerprint density at radius 2 is 1.95 bits per heavy atom. The van der Waals surface area contributed by atoms with E-state index in [4.69, 9.17) is 5.73 Å². The van der Waals surface area contributed by atoms with Crippen molar-refractivity contribution in [3.63, 3.8) is 0 Å². The van der Waals surface area contributed by atoms with E-state index in [1.54, 1.807) is 61.3 Å². The molecule has 0 radical (unpaired) electrons. The molecule has 1 fully saturated rings. The van der Waals surface area contributed by atoms with E-state index < -0.39 is 17.7 Å². The molecule has 2 heterocycles. The fraction of sp³-hybridized carbons (Fsp3) is 0.296. The number of amides is 1. The maximum absolute atomic E-state index is 15.0. The minimum Gasteiger partial charge on any atom is -0.383 e. The van der Waals surface area contributed by atoms with Crippen LogP contribution in [0.25, 0.3) is 21.8 Å². The summed E-state index contributed by atoms with van der Waals surface area (Å²) in [5.41, 5.74) is 7.17. The van der Waals surface area contributed by atoms with Crippen LogP contribution in [0, 0.1) is 23.1 Å². The van der Waals surface area contributed by atoms with Crippen LogP contribution in [0.5, 0.6) is 0 Å². The highest BCUT2D eigenvalue weighted by atomic mass is 19.3. The molecule has 0 unspecified atom stereocenters. The molecule has 1 amide bonds. The number of nitrogens with zero attached hydrogens (tertiary/aromatic N) is 5. The predicted molar refractivity (Wildman–Crippen MR) is 135 cm³/mol. The van der Waals surface area contributed by atoms with Crippen LogP contribution < -0.4 is 5.73 Å². The molecule has 2 aromatic carbocycles. The number of carbonyl (C=O) groups is 1. The largest absolute Gasteiger partial charge is 0.383 e. The molecular formula is C27H25F3N6O. The summed E-state index contributed by atoms with van der Waals surface area (Å²) >= 11 is 0. The monoisotopic (exact) mass is 506 g/mol. The van der Waals surface area contributed by atoms with Crippen molar-refractivity contribution < 1.29 is 18.0 Å². The standard InChI is InChI=1S/C27H25F3N6O/c1-34(2)36(15-18-5-4-16(12-21(18)28)8-9-27(10-11-27)26(29)30)25(37)17-6-7-22-19(13-17)23-20(24(31)33-22)14-32-35(23)3/h4-7,12-14,26H,10-11,15H2,1-3H3,(H2,31,33). The van der Waals surface area contributed by atoms with Crippen molar-refractivity contribution in [3.8, 4) is 11.8 Å². The Balaban J connectivity index is 1.43. The number of hydrogen-bond donors (Lipinski definition) is 1. The van der Waals surface area contributed by atoms with Crippen LogP contribution in [0.1, 0.15) is 34.3 Å². The van der Waals surface area contributed by atoms with Gasteiger partial charge in [0, 0.05) is 43.2 Å². The molecule has 37 heavy (non-hydrogen) atoms. The van der Waals surface area contributed by atoms with Crippen molar-refractivity contribution in [2.45, 2.75) is 25.8 Å². The lowest BCUT2D eigenvalue weighted by atomic mass is 10.1. The molecular weight excluding hydrogens is 481 g/mol. The van der Waals surface area contributed by atoms with Gasteiger partial charge < -0.3 is 5.73 Å². The van der Waals surface area contributed by atoms with Crippen molar-refractivity contribution in [1.82, 2.24) is 24.8 Å². The summed E-state index contributed by atoms with van der Waals surface area (Å²) in [5, 5.41) is 8.67. The molecule has 190 valence electrons. The summed E-state index contributed by atoms with van der Waals surface area (Å²) in [7, 11) is 5.17. The Morgan fingerprint density at radius 3 is 2.59 bits per heavy atom. The summed E-state index contributed by atoms with van der Waals surface area (Å²) in [5.74, 6) is 4.73. The van der Waals surface area contributed by atoms with Crippen molar-refractivity contribution in [1.29, 1.82) is 0 Å². The van der Waals surface area contributed by atoms with E-state index in [2.05, 4.69) is 21.9 Å². The first-order valence-electron chi connectivity index (χ1n) is 11.7. The maximum atomic E-state index is 15.0. The predicted octanol–water partition coefficient (Wildman–Crippen LogP) is 4.36. The quantitative estimate of drug-likeness (QED) is 0.322. The summed E-state index contributed by atoms with van der Waals surface area (Å²) < 4.78 is 42.9. The van der Waals surface area contributed by atoms with Gasteiger partial charge in [-0.15, -0.1) is 0 Å². The van der Waals surface area contributed by atoms with Gasteiger partial charge in [0.05, 0.1) is 34.6 Å². The van der Waals surface area contributed by atoms with Crippen LogP contribution in [-0.2, 0) is 13.6 Å². The lowest BCUT2D eigenvalue weighted by Crippen LogP contribution is -2.41. The Labute approximate surface area is 211 Å². The number of fused-ring (bicyclic) bond motifs is 3. The van der Waals surface area contributed by atoms with Gasteiger partial charge in [0.1, 0.15) is 11.6 Å². The van der Waals surface area contributed by atoms with E-state index in [-0.39, 0.29) is 18.0 Å². The molecule has 5 rings (SSSR count). The molecule has 4 aromatic rings. The third-order valence-electron chi connectivity index (χ3n) is 6.71. The Kier molecular flexibility index (Phi) is 6.04.